The molecule has 21 heavy (non-hydrogen) atoms. The van der Waals surface area contributed by atoms with Crippen LogP contribution >= 0.6 is 0 Å². The van der Waals surface area contributed by atoms with Crippen molar-refractivity contribution in [2.75, 3.05) is 19.6 Å². The number of hydrogen-bond acceptors (Lipinski definition) is 2. The van der Waals surface area contributed by atoms with Gasteiger partial charge in [-0.3, -0.25) is 0 Å². The molecule has 1 aromatic carbocycles. The molecular formula is C19H32N2. The molecule has 0 bridgehead atoms. The molecule has 1 saturated heterocycles. The van der Waals surface area contributed by atoms with E-state index < -0.39 is 0 Å². The van der Waals surface area contributed by atoms with Crippen LogP contribution in [0.2, 0.25) is 0 Å². The van der Waals surface area contributed by atoms with Crippen molar-refractivity contribution >= 4 is 0 Å². The molecule has 1 fully saturated rings. The standard InChI is InChI=1S/C19H32N2/c1-5-21-12-8-11-19(14-21)17(4)20-16(3)13-18-10-7-6-9-15(18)2/h6-7,9-10,16-17,19-20H,5,8,11-14H2,1-4H3. The lowest BCUT2D eigenvalue weighted by atomic mass is 9.90. The van der Waals surface area contributed by atoms with Crippen LogP contribution in [0.25, 0.3) is 0 Å². The molecule has 3 unspecified atom stereocenters. The highest BCUT2D eigenvalue weighted by Gasteiger charge is 2.24. The van der Waals surface area contributed by atoms with Gasteiger partial charge in [-0.15, -0.1) is 0 Å². The number of likely N-dealkylation sites (tertiary alicyclic amines) is 1. The zero-order valence-electron chi connectivity index (χ0n) is 14.2. The van der Waals surface area contributed by atoms with Crippen molar-refractivity contribution in [3.63, 3.8) is 0 Å². The molecule has 2 rings (SSSR count). The van der Waals surface area contributed by atoms with Crippen molar-refractivity contribution < 1.29 is 0 Å². The number of rotatable bonds is 6. The van der Waals surface area contributed by atoms with Gasteiger partial charge in [-0.25, -0.2) is 0 Å². The first-order valence-electron chi connectivity index (χ1n) is 8.63. The second-order valence-corrected chi connectivity index (χ2v) is 6.78. The predicted molar refractivity (Wildman–Crippen MR) is 91.8 cm³/mol. The largest absolute Gasteiger partial charge is 0.311 e. The molecule has 118 valence electrons. The maximum atomic E-state index is 3.84. The van der Waals surface area contributed by atoms with E-state index in [2.05, 4.69) is 62.2 Å². The second-order valence-electron chi connectivity index (χ2n) is 6.78. The molecule has 0 aromatic heterocycles. The first kappa shape index (κ1) is 16.5. The van der Waals surface area contributed by atoms with Crippen LogP contribution in [-0.4, -0.2) is 36.6 Å². The highest BCUT2D eigenvalue weighted by atomic mass is 15.1. The summed E-state index contributed by atoms with van der Waals surface area (Å²) < 4.78 is 0. The highest BCUT2D eigenvalue weighted by Crippen LogP contribution is 2.20. The molecule has 0 amide bonds. The molecule has 1 heterocycles. The van der Waals surface area contributed by atoms with Crippen LogP contribution in [0.5, 0.6) is 0 Å². The average Bonchev–Trinajstić information content (AvgIpc) is 2.49. The summed E-state index contributed by atoms with van der Waals surface area (Å²) in [6.07, 6.45) is 3.86. The molecule has 2 heteroatoms. The van der Waals surface area contributed by atoms with E-state index in [0.717, 1.165) is 12.3 Å². The van der Waals surface area contributed by atoms with Crippen LogP contribution in [0.15, 0.2) is 24.3 Å². The number of nitrogens with zero attached hydrogens (tertiary/aromatic N) is 1. The van der Waals surface area contributed by atoms with E-state index in [1.807, 2.05) is 0 Å². The van der Waals surface area contributed by atoms with Gasteiger partial charge < -0.3 is 10.2 Å². The molecule has 0 aliphatic carbocycles. The van der Waals surface area contributed by atoms with E-state index in [1.165, 1.54) is 43.6 Å². The van der Waals surface area contributed by atoms with Crippen molar-refractivity contribution in [2.45, 2.75) is 59.0 Å². The van der Waals surface area contributed by atoms with Gasteiger partial charge in [-0.2, -0.15) is 0 Å². The summed E-state index contributed by atoms with van der Waals surface area (Å²) in [6.45, 7) is 12.9. The Morgan fingerprint density at radius 2 is 2.05 bits per heavy atom. The van der Waals surface area contributed by atoms with Gasteiger partial charge in [0.2, 0.25) is 0 Å². The Hall–Kier alpha value is -0.860. The molecule has 0 saturated carbocycles. The van der Waals surface area contributed by atoms with Crippen molar-refractivity contribution in [3.05, 3.63) is 35.4 Å². The topological polar surface area (TPSA) is 15.3 Å². The quantitative estimate of drug-likeness (QED) is 0.860. The van der Waals surface area contributed by atoms with Crippen LogP contribution in [0.3, 0.4) is 0 Å². The van der Waals surface area contributed by atoms with Crippen LogP contribution in [0.4, 0.5) is 0 Å². The van der Waals surface area contributed by atoms with Gasteiger partial charge in [0.05, 0.1) is 0 Å². The van der Waals surface area contributed by atoms with Gasteiger partial charge in [-0.1, -0.05) is 31.2 Å². The Morgan fingerprint density at radius 1 is 1.29 bits per heavy atom. The van der Waals surface area contributed by atoms with Crippen LogP contribution in [0, 0.1) is 12.8 Å². The Labute approximate surface area is 130 Å². The molecule has 3 atom stereocenters. The predicted octanol–water partition coefficient (Wildman–Crippen LogP) is 3.64. The van der Waals surface area contributed by atoms with Gasteiger partial charge in [0.25, 0.3) is 0 Å². The Balaban J connectivity index is 1.84. The van der Waals surface area contributed by atoms with Gasteiger partial charge in [0.1, 0.15) is 0 Å². The number of piperidine rings is 1. The summed E-state index contributed by atoms with van der Waals surface area (Å²) in [5, 5.41) is 3.84. The lowest BCUT2D eigenvalue weighted by molar-refractivity contribution is 0.153. The van der Waals surface area contributed by atoms with Crippen LogP contribution in [0.1, 0.15) is 44.7 Å². The summed E-state index contributed by atoms with van der Waals surface area (Å²) in [7, 11) is 0. The summed E-state index contributed by atoms with van der Waals surface area (Å²) in [6, 6.07) is 9.90. The zero-order valence-corrected chi connectivity index (χ0v) is 14.2. The molecule has 2 nitrogen and oxygen atoms in total. The minimum absolute atomic E-state index is 0.540. The average molecular weight is 288 g/mol. The van der Waals surface area contributed by atoms with E-state index in [0.29, 0.717) is 12.1 Å². The fourth-order valence-corrected chi connectivity index (χ4v) is 3.60. The Morgan fingerprint density at radius 3 is 2.76 bits per heavy atom. The van der Waals surface area contributed by atoms with Gasteiger partial charge in [0.15, 0.2) is 0 Å². The van der Waals surface area contributed by atoms with Crippen LogP contribution in [-0.2, 0) is 6.42 Å². The minimum atomic E-state index is 0.540. The van der Waals surface area contributed by atoms with Gasteiger partial charge in [-0.05, 0) is 70.2 Å². The molecular weight excluding hydrogens is 256 g/mol. The van der Waals surface area contributed by atoms with Crippen molar-refractivity contribution in [1.29, 1.82) is 0 Å². The molecule has 1 aromatic rings. The van der Waals surface area contributed by atoms with E-state index in [4.69, 9.17) is 0 Å². The summed E-state index contributed by atoms with van der Waals surface area (Å²) in [5.41, 5.74) is 2.89. The molecule has 1 aliphatic heterocycles. The van der Waals surface area contributed by atoms with Crippen molar-refractivity contribution in [1.82, 2.24) is 10.2 Å². The first-order valence-corrected chi connectivity index (χ1v) is 8.63. The van der Waals surface area contributed by atoms with E-state index in [1.54, 1.807) is 0 Å². The van der Waals surface area contributed by atoms with Crippen molar-refractivity contribution in [3.8, 4) is 0 Å². The third-order valence-corrected chi connectivity index (χ3v) is 5.03. The minimum Gasteiger partial charge on any atom is -0.311 e. The maximum absolute atomic E-state index is 3.84. The summed E-state index contributed by atoms with van der Waals surface area (Å²) >= 11 is 0. The first-order chi connectivity index (χ1) is 10.1. The number of nitrogens with one attached hydrogen (secondary N) is 1. The SMILES string of the molecule is CCN1CCCC(C(C)NC(C)Cc2ccccc2C)C1. The highest BCUT2D eigenvalue weighted by molar-refractivity contribution is 5.26. The third kappa shape index (κ3) is 4.82. The number of aryl methyl sites for hydroxylation is 1. The molecule has 1 aliphatic rings. The molecule has 0 radical (unpaired) electrons. The molecule has 0 spiro atoms. The van der Waals surface area contributed by atoms with E-state index in [9.17, 15) is 0 Å². The fourth-order valence-electron chi connectivity index (χ4n) is 3.60. The van der Waals surface area contributed by atoms with Crippen LogP contribution < -0.4 is 5.32 Å². The Bertz CT molecular complexity index is 429. The molecule has 1 N–H and O–H groups in total. The van der Waals surface area contributed by atoms with Gasteiger partial charge in [0, 0.05) is 18.6 Å². The van der Waals surface area contributed by atoms with Gasteiger partial charge >= 0.3 is 0 Å². The zero-order chi connectivity index (χ0) is 15.2. The smallest absolute Gasteiger partial charge is 0.00818 e. The lowest BCUT2D eigenvalue weighted by Gasteiger charge is -2.36. The monoisotopic (exact) mass is 288 g/mol. The van der Waals surface area contributed by atoms with Crippen molar-refractivity contribution in [2.24, 2.45) is 5.92 Å². The third-order valence-electron chi connectivity index (χ3n) is 5.03. The number of benzene rings is 1. The summed E-state index contributed by atoms with van der Waals surface area (Å²) in [5.74, 6) is 0.804. The fraction of sp³-hybridized carbons (Fsp3) is 0.684. The second kappa shape index (κ2) is 7.95. The number of hydrogen-bond donors (Lipinski definition) is 1. The lowest BCUT2D eigenvalue weighted by Crippen LogP contribution is -2.47. The Kier molecular flexibility index (Phi) is 6.25. The summed E-state index contributed by atoms with van der Waals surface area (Å²) in [4.78, 5) is 2.60. The maximum Gasteiger partial charge on any atom is 0.00818 e. The van der Waals surface area contributed by atoms with E-state index >= 15 is 0 Å². The normalized spacial score (nSPS) is 23.0. The van der Waals surface area contributed by atoms with E-state index in [-0.39, 0.29) is 0 Å².